The van der Waals surface area contributed by atoms with Gasteiger partial charge < -0.3 is 0 Å². The van der Waals surface area contributed by atoms with Crippen LogP contribution < -0.4 is 0 Å². The van der Waals surface area contributed by atoms with Crippen LogP contribution in [0.2, 0.25) is 0 Å². The zero-order valence-corrected chi connectivity index (χ0v) is 11.7. The van der Waals surface area contributed by atoms with Crippen molar-refractivity contribution < 1.29 is 0 Å². The number of hydrogen-bond donors (Lipinski definition) is 0. The molecule has 106 valence electrons. The Hall–Kier alpha value is -3.21. The van der Waals surface area contributed by atoms with Gasteiger partial charge in [0, 0.05) is 24.8 Å². The quantitative estimate of drug-likeness (QED) is 0.581. The molecule has 1 aromatic carbocycles. The minimum Gasteiger partial charge on any atom is -0.223 e. The smallest absolute Gasteiger partial charge is 0.156 e. The van der Waals surface area contributed by atoms with E-state index in [0.717, 1.165) is 22.8 Å². The second kappa shape index (κ2) is 5.29. The first kappa shape index (κ1) is 12.5. The molecule has 0 saturated carbocycles. The van der Waals surface area contributed by atoms with E-state index < -0.39 is 0 Å². The molecule has 0 saturated heterocycles. The average Bonchev–Trinajstić information content (AvgIpc) is 3.29. The number of nitrogens with zero attached hydrogens (tertiary/aromatic N) is 5. The highest BCUT2D eigenvalue weighted by Crippen LogP contribution is 2.23. The molecule has 4 rings (SSSR count). The van der Waals surface area contributed by atoms with E-state index in [1.807, 2.05) is 54.9 Å². The van der Waals surface area contributed by atoms with Crippen molar-refractivity contribution >= 4 is 0 Å². The van der Waals surface area contributed by atoms with Crippen LogP contribution in [0.1, 0.15) is 0 Å². The van der Waals surface area contributed by atoms with E-state index in [1.54, 1.807) is 21.8 Å². The highest BCUT2D eigenvalue weighted by Gasteiger charge is 2.08. The molecule has 3 aromatic heterocycles. The van der Waals surface area contributed by atoms with Gasteiger partial charge in [0.05, 0.1) is 0 Å². The largest absolute Gasteiger partial charge is 0.223 e. The zero-order chi connectivity index (χ0) is 14.8. The second-order valence-corrected chi connectivity index (χ2v) is 4.84. The standard InChI is InChI=1S/C17H13N5/c1-2-6-14(7-3-1)15-12-16(21-10-4-8-18-21)20-17(13-15)22-11-5-9-19-22/h1-13H. The Kier molecular flexibility index (Phi) is 3.01. The van der Waals surface area contributed by atoms with E-state index in [1.165, 1.54) is 0 Å². The summed E-state index contributed by atoms with van der Waals surface area (Å²) in [6, 6.07) is 18.0. The fourth-order valence-electron chi connectivity index (χ4n) is 2.34. The molecule has 5 nitrogen and oxygen atoms in total. The first-order chi connectivity index (χ1) is 10.9. The van der Waals surface area contributed by atoms with Crippen molar-refractivity contribution in [2.75, 3.05) is 0 Å². The van der Waals surface area contributed by atoms with Gasteiger partial charge in [-0.15, -0.1) is 0 Å². The third-order valence-electron chi connectivity index (χ3n) is 3.38. The highest BCUT2D eigenvalue weighted by atomic mass is 15.3. The molecule has 0 bridgehead atoms. The van der Waals surface area contributed by atoms with E-state index in [0.29, 0.717) is 0 Å². The molecule has 0 fully saturated rings. The van der Waals surface area contributed by atoms with Gasteiger partial charge in [0.1, 0.15) is 0 Å². The zero-order valence-electron chi connectivity index (χ0n) is 11.7. The molecule has 0 amide bonds. The van der Waals surface area contributed by atoms with Crippen molar-refractivity contribution in [2.45, 2.75) is 0 Å². The molecule has 0 aliphatic carbocycles. The number of rotatable bonds is 3. The van der Waals surface area contributed by atoms with Gasteiger partial charge >= 0.3 is 0 Å². The van der Waals surface area contributed by atoms with Crippen LogP contribution in [0.5, 0.6) is 0 Å². The van der Waals surface area contributed by atoms with Gasteiger partial charge in [0.15, 0.2) is 11.6 Å². The first-order valence-electron chi connectivity index (χ1n) is 6.98. The van der Waals surface area contributed by atoms with Gasteiger partial charge in [-0.25, -0.2) is 14.3 Å². The number of aromatic nitrogens is 5. The second-order valence-electron chi connectivity index (χ2n) is 4.84. The molecule has 5 heteroatoms. The minimum absolute atomic E-state index is 0.761. The number of hydrogen-bond acceptors (Lipinski definition) is 3. The molecule has 0 spiro atoms. The maximum atomic E-state index is 4.64. The third-order valence-corrected chi connectivity index (χ3v) is 3.38. The van der Waals surface area contributed by atoms with Crippen LogP contribution in [-0.4, -0.2) is 24.5 Å². The molecule has 0 aliphatic rings. The summed E-state index contributed by atoms with van der Waals surface area (Å²) in [4.78, 5) is 4.64. The van der Waals surface area contributed by atoms with Crippen molar-refractivity contribution in [3.63, 3.8) is 0 Å². The molecule has 0 radical (unpaired) electrons. The van der Waals surface area contributed by atoms with Crippen LogP contribution >= 0.6 is 0 Å². The molecule has 4 aromatic rings. The summed E-state index contributed by atoms with van der Waals surface area (Å²) >= 11 is 0. The highest BCUT2D eigenvalue weighted by molar-refractivity contribution is 5.66. The van der Waals surface area contributed by atoms with E-state index in [-0.39, 0.29) is 0 Å². The van der Waals surface area contributed by atoms with E-state index in [2.05, 4.69) is 27.3 Å². The lowest BCUT2D eigenvalue weighted by Crippen LogP contribution is -2.04. The summed E-state index contributed by atoms with van der Waals surface area (Å²) in [5.74, 6) is 1.52. The Balaban J connectivity index is 1.91. The SMILES string of the molecule is c1ccc(-c2cc(-n3cccn3)nc(-n3cccn3)c2)cc1. The van der Waals surface area contributed by atoms with E-state index in [4.69, 9.17) is 0 Å². The topological polar surface area (TPSA) is 48.5 Å². The predicted molar refractivity (Wildman–Crippen MR) is 83.9 cm³/mol. The Morgan fingerprint density at radius 1 is 0.636 bits per heavy atom. The minimum atomic E-state index is 0.761. The Morgan fingerprint density at radius 3 is 1.73 bits per heavy atom. The molecular formula is C17H13N5. The van der Waals surface area contributed by atoms with E-state index >= 15 is 0 Å². The van der Waals surface area contributed by atoms with Gasteiger partial charge in [-0.3, -0.25) is 0 Å². The first-order valence-corrected chi connectivity index (χ1v) is 6.98. The lowest BCUT2D eigenvalue weighted by Gasteiger charge is -2.09. The Labute approximate surface area is 127 Å². The normalized spacial score (nSPS) is 10.7. The Morgan fingerprint density at radius 2 is 1.23 bits per heavy atom. The molecule has 0 N–H and O–H groups in total. The van der Waals surface area contributed by atoms with Gasteiger partial charge in [0.2, 0.25) is 0 Å². The van der Waals surface area contributed by atoms with Crippen molar-refractivity contribution in [1.82, 2.24) is 24.5 Å². The van der Waals surface area contributed by atoms with Crippen molar-refractivity contribution in [1.29, 1.82) is 0 Å². The molecule has 3 heterocycles. The van der Waals surface area contributed by atoms with Crippen LogP contribution in [0.25, 0.3) is 22.8 Å². The summed E-state index contributed by atoms with van der Waals surface area (Å²) in [6.45, 7) is 0. The van der Waals surface area contributed by atoms with Gasteiger partial charge in [0.25, 0.3) is 0 Å². The molecule has 22 heavy (non-hydrogen) atoms. The summed E-state index contributed by atoms with van der Waals surface area (Å²) in [5.41, 5.74) is 2.21. The molecule has 0 atom stereocenters. The van der Waals surface area contributed by atoms with Crippen LogP contribution in [-0.2, 0) is 0 Å². The van der Waals surface area contributed by atoms with Crippen molar-refractivity contribution in [2.24, 2.45) is 0 Å². The Bertz CT molecular complexity index is 812. The van der Waals surface area contributed by atoms with E-state index in [9.17, 15) is 0 Å². The van der Waals surface area contributed by atoms with Gasteiger partial charge in [-0.1, -0.05) is 30.3 Å². The maximum Gasteiger partial charge on any atom is 0.156 e. The fourth-order valence-corrected chi connectivity index (χ4v) is 2.34. The monoisotopic (exact) mass is 287 g/mol. The predicted octanol–water partition coefficient (Wildman–Crippen LogP) is 3.12. The van der Waals surface area contributed by atoms with Gasteiger partial charge in [-0.05, 0) is 35.4 Å². The number of pyridine rings is 1. The summed E-state index contributed by atoms with van der Waals surface area (Å²) < 4.78 is 3.50. The van der Waals surface area contributed by atoms with Crippen LogP contribution in [0.15, 0.2) is 79.4 Å². The lowest BCUT2D eigenvalue weighted by molar-refractivity contribution is 0.804. The summed E-state index contributed by atoms with van der Waals surface area (Å²) in [6.07, 6.45) is 7.24. The van der Waals surface area contributed by atoms with Crippen molar-refractivity contribution in [3.05, 3.63) is 79.4 Å². The molecule has 0 aliphatic heterocycles. The van der Waals surface area contributed by atoms with Crippen LogP contribution in [0, 0.1) is 0 Å². The average molecular weight is 287 g/mol. The summed E-state index contributed by atoms with van der Waals surface area (Å²) in [7, 11) is 0. The lowest BCUT2D eigenvalue weighted by atomic mass is 10.1. The van der Waals surface area contributed by atoms with Gasteiger partial charge in [-0.2, -0.15) is 10.2 Å². The van der Waals surface area contributed by atoms with Crippen molar-refractivity contribution in [3.8, 4) is 22.8 Å². The fraction of sp³-hybridized carbons (Fsp3) is 0. The molecular weight excluding hydrogens is 274 g/mol. The third kappa shape index (κ3) is 2.29. The number of benzene rings is 1. The summed E-state index contributed by atoms with van der Waals surface area (Å²) in [5, 5.41) is 8.54. The maximum absolute atomic E-state index is 4.64. The molecule has 0 unspecified atom stereocenters. The van der Waals surface area contributed by atoms with Crippen LogP contribution in [0.3, 0.4) is 0 Å². The van der Waals surface area contributed by atoms with Crippen LogP contribution in [0.4, 0.5) is 0 Å².